The molecule has 8 rings (SSSR count). The lowest BCUT2D eigenvalue weighted by Crippen LogP contribution is -2.51. The van der Waals surface area contributed by atoms with Crippen LogP contribution in [0.2, 0.25) is 0 Å². The molecule has 284 valence electrons. The number of amides is 3. The number of nitrogens with one attached hydrogen (secondary N) is 3. The maximum atomic E-state index is 13.5. The second-order valence-corrected chi connectivity index (χ2v) is 15.5. The monoisotopic (exact) mass is 738 g/mol. The fraction of sp³-hybridized carbons (Fsp3) is 0.311. The van der Waals surface area contributed by atoms with Crippen LogP contribution in [-0.2, 0) is 53.1 Å². The van der Waals surface area contributed by atoms with Crippen molar-refractivity contribution in [2.75, 3.05) is 13.1 Å². The van der Waals surface area contributed by atoms with E-state index < -0.39 is 23.8 Å². The Morgan fingerprint density at radius 1 is 0.673 bits per heavy atom. The summed E-state index contributed by atoms with van der Waals surface area (Å²) in [6.45, 7) is 8.03. The number of hydrogen-bond donors (Lipinski definition) is 4. The number of benzene rings is 4. The third-order valence-corrected chi connectivity index (χ3v) is 10.4. The Hall–Kier alpha value is -5.87. The van der Waals surface area contributed by atoms with E-state index in [1.807, 2.05) is 104 Å². The Bertz CT molecular complexity index is 2300. The molecule has 0 bridgehead atoms. The Labute approximate surface area is 322 Å². The van der Waals surface area contributed by atoms with Crippen molar-refractivity contribution in [1.82, 2.24) is 25.1 Å². The Morgan fingerprint density at radius 3 is 1.65 bits per heavy atom. The number of carbonyl (C=O) groups excluding carboxylic acids is 3. The average molecular weight is 739 g/mol. The van der Waals surface area contributed by atoms with Gasteiger partial charge >= 0.3 is 6.09 Å². The number of alkyl carbamates (subject to hydrolysis) is 1. The summed E-state index contributed by atoms with van der Waals surface area (Å²) < 4.78 is 5.44. The summed E-state index contributed by atoms with van der Waals surface area (Å²) in [6, 6.07) is 31.4. The number of para-hydroxylation sites is 2. The minimum atomic E-state index is -0.709. The van der Waals surface area contributed by atoms with Gasteiger partial charge in [0.2, 0.25) is 11.8 Å². The van der Waals surface area contributed by atoms with E-state index in [1.165, 1.54) is 16.7 Å². The summed E-state index contributed by atoms with van der Waals surface area (Å²) in [5.74, 6) is -0.0552. The minimum Gasteiger partial charge on any atom is -0.444 e. The van der Waals surface area contributed by atoms with Crippen LogP contribution in [0.4, 0.5) is 4.79 Å². The van der Waals surface area contributed by atoms with Crippen molar-refractivity contribution in [2.45, 2.75) is 77.2 Å². The zero-order chi connectivity index (χ0) is 38.5. The standard InChI is InChI=1S/C25H29N3O3.C20H21N3O/c1-25(2,3)31-24(30)27-22(14-19-15-26-21-11-7-6-10-20(19)21)23(29)28-13-12-17-8-4-5-9-18(17)16-28;21-18(11-16-12-22-19-8-4-3-7-17(16)19)20(24)23-10-9-14-5-1-2-6-15(14)13-23/h4-11,15,22,26H,12-14,16H2,1-3H3,(H,27,30);1-8,12,18,22H,9-11,13,21H2. The molecule has 55 heavy (non-hydrogen) atoms. The zero-order valence-corrected chi connectivity index (χ0v) is 31.8. The molecule has 2 unspecified atom stereocenters. The molecule has 0 aliphatic carbocycles. The third-order valence-electron chi connectivity index (χ3n) is 10.4. The molecular weight excluding hydrogens is 689 g/mol. The van der Waals surface area contributed by atoms with Crippen molar-refractivity contribution in [1.29, 1.82) is 0 Å². The van der Waals surface area contributed by atoms with Gasteiger partial charge in [0, 0.05) is 66.8 Å². The molecule has 2 aromatic heterocycles. The number of rotatable bonds is 7. The molecule has 0 saturated heterocycles. The van der Waals surface area contributed by atoms with E-state index in [-0.39, 0.29) is 11.8 Å². The molecule has 2 aliphatic rings. The van der Waals surface area contributed by atoms with Gasteiger partial charge in [-0.2, -0.15) is 0 Å². The maximum Gasteiger partial charge on any atom is 0.408 e. The Balaban J connectivity index is 0.000000174. The van der Waals surface area contributed by atoms with Crippen LogP contribution >= 0.6 is 0 Å². The largest absolute Gasteiger partial charge is 0.444 e. The number of carbonyl (C=O) groups is 3. The summed E-state index contributed by atoms with van der Waals surface area (Å²) in [5.41, 5.74) is 14.8. The number of nitrogens with two attached hydrogens (primary N) is 1. The van der Waals surface area contributed by atoms with Gasteiger partial charge in [0.25, 0.3) is 0 Å². The van der Waals surface area contributed by atoms with Crippen LogP contribution in [0.3, 0.4) is 0 Å². The van der Waals surface area contributed by atoms with Crippen molar-refractivity contribution in [3.05, 3.63) is 143 Å². The Morgan fingerprint density at radius 2 is 1.13 bits per heavy atom. The number of aromatic nitrogens is 2. The summed E-state index contributed by atoms with van der Waals surface area (Å²) in [4.78, 5) is 49.0. The van der Waals surface area contributed by atoms with Gasteiger partial charge in [-0.05, 0) is 85.5 Å². The topological polar surface area (TPSA) is 137 Å². The molecule has 0 fully saturated rings. The van der Waals surface area contributed by atoms with Gasteiger partial charge in [-0.1, -0.05) is 84.9 Å². The highest BCUT2D eigenvalue weighted by atomic mass is 16.6. The number of ether oxygens (including phenoxy) is 1. The SMILES string of the molecule is CC(C)(C)OC(=O)NC(Cc1c[nH]c2ccccc12)C(=O)N1CCc2ccccc2C1.NC(Cc1c[nH]c2ccccc12)C(=O)N1CCc2ccccc2C1. The van der Waals surface area contributed by atoms with Gasteiger partial charge in [0.1, 0.15) is 11.6 Å². The van der Waals surface area contributed by atoms with Crippen LogP contribution in [0, 0.1) is 0 Å². The second kappa shape index (κ2) is 16.2. The third kappa shape index (κ3) is 8.92. The molecule has 4 heterocycles. The van der Waals surface area contributed by atoms with Crippen LogP contribution in [0.1, 0.15) is 54.2 Å². The van der Waals surface area contributed by atoms with Crippen molar-refractivity contribution in [3.8, 4) is 0 Å². The van der Waals surface area contributed by atoms with Crippen LogP contribution in [0.15, 0.2) is 109 Å². The van der Waals surface area contributed by atoms with E-state index in [0.29, 0.717) is 32.5 Å². The van der Waals surface area contributed by atoms with E-state index >= 15 is 0 Å². The first-order valence-electron chi connectivity index (χ1n) is 19.1. The second-order valence-electron chi connectivity index (χ2n) is 15.5. The number of H-pyrrole nitrogens is 2. The summed E-state index contributed by atoms with van der Waals surface area (Å²) in [5, 5.41) is 5.03. The number of aromatic amines is 2. The zero-order valence-electron chi connectivity index (χ0n) is 31.8. The highest BCUT2D eigenvalue weighted by Crippen LogP contribution is 2.24. The van der Waals surface area contributed by atoms with Gasteiger partial charge in [-0.25, -0.2) is 4.79 Å². The van der Waals surface area contributed by atoms with E-state index in [1.54, 1.807) is 0 Å². The lowest BCUT2D eigenvalue weighted by atomic mass is 9.98. The minimum absolute atomic E-state index is 0.0368. The van der Waals surface area contributed by atoms with Crippen LogP contribution in [0.25, 0.3) is 21.8 Å². The smallest absolute Gasteiger partial charge is 0.408 e. The lowest BCUT2D eigenvalue weighted by molar-refractivity contribution is -0.134. The van der Waals surface area contributed by atoms with E-state index in [9.17, 15) is 14.4 Å². The summed E-state index contributed by atoms with van der Waals surface area (Å²) in [6.07, 6.45) is 5.95. The van der Waals surface area contributed by atoms with Crippen molar-refractivity contribution < 1.29 is 19.1 Å². The summed E-state index contributed by atoms with van der Waals surface area (Å²) >= 11 is 0. The van der Waals surface area contributed by atoms with Crippen LogP contribution < -0.4 is 11.1 Å². The first-order valence-corrected chi connectivity index (χ1v) is 19.1. The predicted octanol–water partition coefficient (Wildman–Crippen LogP) is 6.81. The van der Waals surface area contributed by atoms with Gasteiger partial charge in [0.05, 0.1) is 6.04 Å². The fourth-order valence-electron chi connectivity index (χ4n) is 7.62. The molecule has 2 aliphatic heterocycles. The molecule has 0 spiro atoms. The average Bonchev–Trinajstić information content (AvgIpc) is 3.80. The van der Waals surface area contributed by atoms with Gasteiger partial charge in [-0.3, -0.25) is 9.59 Å². The lowest BCUT2D eigenvalue weighted by Gasteiger charge is -2.32. The van der Waals surface area contributed by atoms with Crippen molar-refractivity contribution in [2.24, 2.45) is 5.73 Å². The highest BCUT2D eigenvalue weighted by Gasteiger charge is 2.31. The predicted molar refractivity (Wildman–Crippen MR) is 216 cm³/mol. The quantitative estimate of drug-likeness (QED) is 0.143. The van der Waals surface area contributed by atoms with E-state index in [4.69, 9.17) is 10.5 Å². The molecule has 0 saturated carbocycles. The maximum absolute atomic E-state index is 13.5. The molecular formula is C45H50N6O4. The first kappa shape index (κ1) is 37.4. The Kier molecular flexibility index (Phi) is 11.1. The first-order chi connectivity index (χ1) is 26.5. The van der Waals surface area contributed by atoms with Gasteiger partial charge in [0.15, 0.2) is 0 Å². The van der Waals surface area contributed by atoms with Crippen LogP contribution in [0.5, 0.6) is 0 Å². The molecule has 3 amide bonds. The molecule has 10 nitrogen and oxygen atoms in total. The number of nitrogens with zero attached hydrogens (tertiary/aromatic N) is 2. The van der Waals surface area contributed by atoms with Crippen molar-refractivity contribution >= 4 is 39.7 Å². The fourth-order valence-corrected chi connectivity index (χ4v) is 7.62. The highest BCUT2D eigenvalue weighted by molar-refractivity contribution is 5.89. The van der Waals surface area contributed by atoms with Gasteiger partial charge < -0.3 is 35.6 Å². The van der Waals surface area contributed by atoms with E-state index in [0.717, 1.165) is 57.9 Å². The van der Waals surface area contributed by atoms with Crippen LogP contribution in [-0.4, -0.2) is 68.4 Å². The molecule has 6 aromatic rings. The number of hydrogen-bond acceptors (Lipinski definition) is 5. The molecule has 4 aromatic carbocycles. The van der Waals surface area contributed by atoms with E-state index in [2.05, 4.69) is 51.7 Å². The molecule has 5 N–H and O–H groups in total. The summed E-state index contributed by atoms with van der Waals surface area (Å²) in [7, 11) is 0. The number of fused-ring (bicyclic) bond motifs is 4. The molecule has 0 radical (unpaired) electrons. The van der Waals surface area contributed by atoms with Crippen molar-refractivity contribution in [3.63, 3.8) is 0 Å². The normalized spacial score (nSPS) is 15.0. The van der Waals surface area contributed by atoms with Gasteiger partial charge in [-0.15, -0.1) is 0 Å². The molecule has 2 atom stereocenters. The molecule has 10 heteroatoms.